The maximum atomic E-state index is 5.45. The fraction of sp³-hybridized carbons (Fsp3) is 1.00. The van der Waals surface area contributed by atoms with Crippen molar-refractivity contribution in [2.24, 2.45) is 17.3 Å². The summed E-state index contributed by atoms with van der Waals surface area (Å²) < 4.78 is 0. The highest BCUT2D eigenvalue weighted by atomic mass is 15.5. The highest BCUT2D eigenvalue weighted by Crippen LogP contribution is 1.85. The second kappa shape index (κ2) is 4.66. The second-order valence-corrected chi connectivity index (χ2v) is 2.11. The van der Waals surface area contributed by atoms with Gasteiger partial charge >= 0.3 is 0 Å². The van der Waals surface area contributed by atoms with Gasteiger partial charge in [-0.2, -0.15) is 5.53 Å². The third-order valence-corrected chi connectivity index (χ3v) is 0.894. The molecule has 0 aromatic heterocycles. The van der Waals surface area contributed by atoms with Gasteiger partial charge in [0.2, 0.25) is 0 Å². The van der Waals surface area contributed by atoms with Crippen molar-refractivity contribution in [1.82, 2.24) is 11.0 Å². The van der Waals surface area contributed by atoms with E-state index in [9.17, 15) is 0 Å². The second-order valence-electron chi connectivity index (χ2n) is 2.11. The topological polar surface area (TPSA) is 102 Å². The number of hydrazine groups is 2. The molecular formula is C4H15N5. The fourth-order valence-electron chi connectivity index (χ4n) is 0.567. The number of nitrogens with one attached hydrogen (secondary N) is 2. The largest absolute Gasteiger partial charge is 0.328 e. The van der Waals surface area contributed by atoms with Crippen LogP contribution in [0.15, 0.2) is 0 Å². The van der Waals surface area contributed by atoms with E-state index in [2.05, 4.69) is 11.0 Å². The molecule has 0 fully saturated rings. The minimum Gasteiger partial charge on any atom is -0.328 e. The molecule has 2 unspecified atom stereocenters. The van der Waals surface area contributed by atoms with Crippen molar-refractivity contribution in [2.45, 2.75) is 25.6 Å². The van der Waals surface area contributed by atoms with Crippen LogP contribution in [0.2, 0.25) is 0 Å². The minimum absolute atomic E-state index is 0.0980. The molecule has 0 saturated heterocycles. The molecule has 0 aliphatic rings. The Morgan fingerprint density at radius 3 is 2.33 bits per heavy atom. The Morgan fingerprint density at radius 1 is 1.44 bits per heavy atom. The molecule has 0 aliphatic heterocycles. The summed E-state index contributed by atoms with van der Waals surface area (Å²) in [5, 5.41) is 0. The first kappa shape index (κ1) is 8.80. The molecule has 0 aromatic rings. The maximum absolute atomic E-state index is 5.45. The van der Waals surface area contributed by atoms with E-state index in [0.29, 0.717) is 6.42 Å². The van der Waals surface area contributed by atoms with E-state index in [4.69, 9.17) is 17.3 Å². The third-order valence-electron chi connectivity index (χ3n) is 0.894. The van der Waals surface area contributed by atoms with Gasteiger partial charge in [-0.3, -0.25) is 5.84 Å². The van der Waals surface area contributed by atoms with Crippen molar-refractivity contribution in [3.05, 3.63) is 0 Å². The Kier molecular flexibility index (Phi) is 4.55. The van der Waals surface area contributed by atoms with E-state index in [-0.39, 0.29) is 12.2 Å². The molecule has 0 saturated carbocycles. The average Bonchev–Trinajstić information content (AvgIpc) is 1.63. The van der Waals surface area contributed by atoms with Crippen LogP contribution >= 0.6 is 0 Å². The average molecular weight is 133 g/mol. The lowest BCUT2D eigenvalue weighted by molar-refractivity contribution is 0.404. The van der Waals surface area contributed by atoms with Crippen molar-refractivity contribution in [2.75, 3.05) is 0 Å². The van der Waals surface area contributed by atoms with Crippen LogP contribution in [0.5, 0.6) is 0 Å². The first-order valence-corrected chi connectivity index (χ1v) is 2.89. The van der Waals surface area contributed by atoms with Gasteiger partial charge in [0.1, 0.15) is 0 Å². The Labute approximate surface area is 54.9 Å². The van der Waals surface area contributed by atoms with Crippen molar-refractivity contribution in [3.63, 3.8) is 0 Å². The molecule has 5 heteroatoms. The number of rotatable bonds is 4. The van der Waals surface area contributed by atoms with Gasteiger partial charge in [-0.05, 0) is 13.3 Å². The lowest BCUT2D eigenvalue weighted by atomic mass is 10.2. The Balaban J connectivity index is 3.15. The van der Waals surface area contributed by atoms with E-state index in [1.807, 2.05) is 6.92 Å². The van der Waals surface area contributed by atoms with Crippen LogP contribution in [0.4, 0.5) is 0 Å². The monoisotopic (exact) mass is 133 g/mol. The first-order valence-electron chi connectivity index (χ1n) is 2.89. The van der Waals surface area contributed by atoms with Crippen LogP contribution in [-0.4, -0.2) is 12.2 Å². The summed E-state index contributed by atoms with van der Waals surface area (Å²) in [7, 11) is 0. The molecule has 8 N–H and O–H groups in total. The van der Waals surface area contributed by atoms with Gasteiger partial charge in [0.25, 0.3) is 0 Å². The lowest BCUT2D eigenvalue weighted by Crippen LogP contribution is -2.51. The standard InChI is InChI=1S/C4H15N5/c1-3(5)2-4(6)8-9-7/h3-4,8-9H,2,5-7H2,1H3. The molecule has 0 amide bonds. The van der Waals surface area contributed by atoms with E-state index in [0.717, 1.165) is 0 Å². The van der Waals surface area contributed by atoms with Gasteiger partial charge in [0.15, 0.2) is 0 Å². The lowest BCUT2D eigenvalue weighted by Gasteiger charge is -2.13. The predicted molar refractivity (Wildman–Crippen MR) is 36.7 cm³/mol. The van der Waals surface area contributed by atoms with E-state index in [1.165, 1.54) is 0 Å². The number of hydrogen-bond donors (Lipinski definition) is 5. The number of hydrogen-bond acceptors (Lipinski definition) is 5. The van der Waals surface area contributed by atoms with Crippen LogP contribution in [0, 0.1) is 0 Å². The third kappa shape index (κ3) is 5.67. The SMILES string of the molecule is CC(N)CC(N)NNN. The minimum atomic E-state index is -0.171. The van der Waals surface area contributed by atoms with E-state index >= 15 is 0 Å². The molecule has 0 spiro atoms. The highest BCUT2D eigenvalue weighted by molar-refractivity contribution is 4.61. The van der Waals surface area contributed by atoms with Gasteiger partial charge < -0.3 is 11.5 Å². The van der Waals surface area contributed by atoms with Crippen molar-refractivity contribution < 1.29 is 0 Å². The van der Waals surface area contributed by atoms with Crippen molar-refractivity contribution in [3.8, 4) is 0 Å². The molecule has 0 heterocycles. The molecule has 0 rings (SSSR count). The van der Waals surface area contributed by atoms with Crippen LogP contribution in [0.1, 0.15) is 13.3 Å². The zero-order valence-electron chi connectivity index (χ0n) is 5.59. The van der Waals surface area contributed by atoms with Crippen LogP contribution in [-0.2, 0) is 0 Å². The quantitative estimate of drug-likeness (QED) is 0.173. The normalized spacial score (nSPS) is 17.3. The summed E-state index contributed by atoms with van der Waals surface area (Å²) in [5.74, 6) is 4.92. The summed E-state index contributed by atoms with van der Waals surface area (Å²) >= 11 is 0. The van der Waals surface area contributed by atoms with Crippen LogP contribution in [0.25, 0.3) is 0 Å². The Bertz CT molecular complexity index is 64.0. The van der Waals surface area contributed by atoms with E-state index < -0.39 is 0 Å². The Morgan fingerprint density at radius 2 is 2.00 bits per heavy atom. The molecule has 0 aromatic carbocycles. The molecule has 0 aliphatic carbocycles. The maximum Gasteiger partial charge on any atom is 0.0707 e. The predicted octanol–water partition coefficient (Wildman–Crippen LogP) is -2.02. The zero-order chi connectivity index (χ0) is 7.28. The highest BCUT2D eigenvalue weighted by Gasteiger charge is 2.01. The van der Waals surface area contributed by atoms with Gasteiger partial charge in [-0.1, -0.05) is 0 Å². The molecule has 0 radical (unpaired) electrons. The smallest absolute Gasteiger partial charge is 0.0707 e. The number of nitrogens with two attached hydrogens (primary N) is 3. The fourth-order valence-corrected chi connectivity index (χ4v) is 0.567. The molecule has 2 atom stereocenters. The van der Waals surface area contributed by atoms with Crippen LogP contribution in [0.3, 0.4) is 0 Å². The van der Waals surface area contributed by atoms with Gasteiger partial charge in [0.05, 0.1) is 6.17 Å². The van der Waals surface area contributed by atoms with Crippen LogP contribution < -0.4 is 28.3 Å². The van der Waals surface area contributed by atoms with Gasteiger partial charge in [-0.25, -0.2) is 5.43 Å². The first-order chi connectivity index (χ1) is 4.16. The molecular weight excluding hydrogens is 118 g/mol. The van der Waals surface area contributed by atoms with E-state index in [1.54, 1.807) is 0 Å². The molecule has 0 bridgehead atoms. The van der Waals surface area contributed by atoms with Crippen molar-refractivity contribution >= 4 is 0 Å². The zero-order valence-corrected chi connectivity index (χ0v) is 5.59. The summed E-state index contributed by atoms with van der Waals surface area (Å²) in [5.41, 5.74) is 15.7. The summed E-state index contributed by atoms with van der Waals surface area (Å²) in [6.45, 7) is 1.89. The summed E-state index contributed by atoms with van der Waals surface area (Å²) in [4.78, 5) is 0. The van der Waals surface area contributed by atoms with Gasteiger partial charge in [-0.15, -0.1) is 0 Å². The summed E-state index contributed by atoms with van der Waals surface area (Å²) in [6.07, 6.45) is 0.527. The summed E-state index contributed by atoms with van der Waals surface area (Å²) in [6, 6.07) is 0.0980. The van der Waals surface area contributed by atoms with Crippen molar-refractivity contribution in [1.29, 1.82) is 0 Å². The molecule has 5 nitrogen and oxygen atoms in total. The molecule has 9 heavy (non-hydrogen) atoms. The Hall–Kier alpha value is -0.200. The van der Waals surface area contributed by atoms with Gasteiger partial charge in [0, 0.05) is 6.04 Å². The molecule has 56 valence electrons.